The van der Waals surface area contributed by atoms with Gasteiger partial charge in [0.15, 0.2) is 5.13 Å². The van der Waals surface area contributed by atoms with Crippen LogP contribution in [0.15, 0.2) is 54.7 Å². The van der Waals surface area contributed by atoms with Crippen LogP contribution in [0.4, 0.5) is 10.8 Å². The highest BCUT2D eigenvalue weighted by Crippen LogP contribution is 2.29. The molecular weight excluding hydrogens is 420 g/mol. The molecule has 4 aromatic rings. The fourth-order valence-corrected chi connectivity index (χ4v) is 4.29. The number of carbonyl (C=O) groups is 2. The number of nitrogens with zero attached hydrogens (tertiary/aromatic N) is 2. The van der Waals surface area contributed by atoms with Crippen molar-refractivity contribution in [3.05, 3.63) is 76.6 Å². The number of benzene rings is 2. The van der Waals surface area contributed by atoms with Gasteiger partial charge in [0, 0.05) is 24.5 Å². The monoisotopic (exact) mass is 438 g/mol. The number of thiazole rings is 1. The number of anilines is 2. The number of fused-ring (bicyclic) bond motifs is 1. The number of carbonyl (C=O) groups excluding carboxylic acids is 2. The molecule has 2 heterocycles. The van der Waals surface area contributed by atoms with Gasteiger partial charge in [0.25, 0.3) is 5.91 Å². The maximum absolute atomic E-state index is 12.7. The molecule has 2 N–H and O–H groups in total. The van der Waals surface area contributed by atoms with Crippen molar-refractivity contribution in [1.29, 1.82) is 0 Å². The van der Waals surface area contributed by atoms with Crippen molar-refractivity contribution >= 4 is 55.8 Å². The van der Waals surface area contributed by atoms with Crippen LogP contribution >= 0.6 is 22.9 Å². The van der Waals surface area contributed by atoms with Crippen molar-refractivity contribution in [1.82, 2.24) is 9.55 Å². The van der Waals surface area contributed by atoms with E-state index in [1.165, 1.54) is 11.3 Å². The van der Waals surface area contributed by atoms with Crippen LogP contribution in [0.1, 0.15) is 21.6 Å². The average Bonchev–Trinajstić information content (AvgIpc) is 3.29. The number of hydrogen-bond acceptors (Lipinski definition) is 4. The molecule has 0 radical (unpaired) electrons. The van der Waals surface area contributed by atoms with Crippen LogP contribution in [0.2, 0.25) is 5.02 Å². The normalized spacial score (nSPS) is 10.9. The fourth-order valence-electron chi connectivity index (χ4n) is 3.10. The Kier molecular flexibility index (Phi) is 5.57. The first-order valence-corrected chi connectivity index (χ1v) is 10.5. The van der Waals surface area contributed by atoms with Crippen molar-refractivity contribution in [2.24, 2.45) is 7.05 Å². The average molecular weight is 439 g/mol. The van der Waals surface area contributed by atoms with Gasteiger partial charge in [-0.3, -0.25) is 9.59 Å². The largest absolute Gasteiger partial charge is 0.354 e. The molecular formula is C22H19ClN4O2S. The minimum Gasteiger partial charge on any atom is -0.354 e. The molecule has 2 aromatic heterocycles. The standard InChI is InChI=1S/C22H19ClN4O2S/c1-13-5-3-7-16(23)20(13)26-21(29)14-8-9-17-18(11-14)30-22(24-17)25-19(28)12-15-6-4-10-27(15)2/h3-11H,12H2,1-2H3,(H,26,29)(H,24,25,28). The summed E-state index contributed by atoms with van der Waals surface area (Å²) in [5, 5.41) is 6.70. The second-order valence-electron chi connectivity index (χ2n) is 6.92. The van der Waals surface area contributed by atoms with Crippen molar-refractivity contribution in [3.8, 4) is 0 Å². The van der Waals surface area contributed by atoms with Crippen LogP contribution < -0.4 is 10.6 Å². The molecule has 8 heteroatoms. The van der Waals surface area contributed by atoms with Crippen LogP contribution in [0.3, 0.4) is 0 Å². The van der Waals surface area contributed by atoms with E-state index in [9.17, 15) is 9.59 Å². The third-order valence-electron chi connectivity index (χ3n) is 4.75. The van der Waals surface area contributed by atoms with Crippen LogP contribution in [0.5, 0.6) is 0 Å². The summed E-state index contributed by atoms with van der Waals surface area (Å²) in [5.41, 5.74) is 3.62. The first-order chi connectivity index (χ1) is 14.4. The summed E-state index contributed by atoms with van der Waals surface area (Å²) in [7, 11) is 1.90. The molecule has 0 spiro atoms. The molecule has 0 atom stereocenters. The van der Waals surface area contributed by atoms with E-state index in [2.05, 4.69) is 15.6 Å². The van der Waals surface area contributed by atoms with Gasteiger partial charge in [-0.1, -0.05) is 35.1 Å². The third-order valence-corrected chi connectivity index (χ3v) is 6.00. The maximum atomic E-state index is 12.7. The summed E-state index contributed by atoms with van der Waals surface area (Å²) in [4.78, 5) is 29.5. The van der Waals surface area contributed by atoms with E-state index >= 15 is 0 Å². The van der Waals surface area contributed by atoms with Gasteiger partial charge >= 0.3 is 0 Å². The fraction of sp³-hybridized carbons (Fsp3) is 0.136. The number of hydrogen-bond donors (Lipinski definition) is 2. The van der Waals surface area contributed by atoms with Crippen LogP contribution in [0.25, 0.3) is 10.2 Å². The summed E-state index contributed by atoms with van der Waals surface area (Å²) in [6.45, 7) is 1.89. The Labute approximate surface area is 182 Å². The quantitative estimate of drug-likeness (QED) is 0.458. The molecule has 2 aromatic carbocycles. The summed E-state index contributed by atoms with van der Waals surface area (Å²) >= 11 is 7.53. The lowest BCUT2D eigenvalue weighted by molar-refractivity contribution is -0.115. The molecule has 152 valence electrons. The van der Waals surface area contributed by atoms with Gasteiger partial charge in [-0.05, 0) is 48.9 Å². The number of aromatic nitrogens is 2. The summed E-state index contributed by atoms with van der Waals surface area (Å²) in [6, 6.07) is 14.5. The highest BCUT2D eigenvalue weighted by molar-refractivity contribution is 7.22. The summed E-state index contributed by atoms with van der Waals surface area (Å²) in [5.74, 6) is -0.390. The molecule has 0 unspecified atom stereocenters. The van der Waals surface area contributed by atoms with Crippen LogP contribution in [-0.2, 0) is 18.3 Å². The summed E-state index contributed by atoms with van der Waals surface area (Å²) in [6.07, 6.45) is 2.17. The van der Waals surface area contributed by atoms with Crippen LogP contribution in [-0.4, -0.2) is 21.4 Å². The number of rotatable bonds is 5. The maximum Gasteiger partial charge on any atom is 0.255 e. The van der Waals surface area contributed by atoms with Crippen LogP contribution in [0, 0.1) is 6.92 Å². The van der Waals surface area contributed by atoms with Gasteiger partial charge < -0.3 is 15.2 Å². The zero-order chi connectivity index (χ0) is 21.3. The van der Waals surface area contributed by atoms with E-state index in [-0.39, 0.29) is 18.2 Å². The van der Waals surface area contributed by atoms with Gasteiger partial charge in [-0.2, -0.15) is 0 Å². The molecule has 0 bridgehead atoms. The zero-order valence-corrected chi connectivity index (χ0v) is 18.0. The molecule has 0 fully saturated rings. The lowest BCUT2D eigenvalue weighted by Gasteiger charge is -2.10. The second kappa shape index (κ2) is 8.30. The Bertz CT molecular complexity index is 1240. The molecule has 0 aliphatic carbocycles. The number of halogens is 1. The Hall–Kier alpha value is -3.16. The molecule has 2 amide bonds. The SMILES string of the molecule is Cc1cccc(Cl)c1NC(=O)c1ccc2nc(NC(=O)Cc3cccn3C)sc2c1. The number of aryl methyl sites for hydroxylation is 2. The molecule has 0 aliphatic rings. The second-order valence-corrected chi connectivity index (χ2v) is 8.36. The smallest absolute Gasteiger partial charge is 0.255 e. The predicted molar refractivity (Wildman–Crippen MR) is 122 cm³/mol. The van der Waals surface area contributed by atoms with E-state index < -0.39 is 0 Å². The third kappa shape index (κ3) is 4.22. The van der Waals surface area contributed by atoms with E-state index in [1.807, 2.05) is 49.0 Å². The highest BCUT2D eigenvalue weighted by atomic mass is 35.5. The lowest BCUT2D eigenvalue weighted by Crippen LogP contribution is -2.15. The number of nitrogens with one attached hydrogen (secondary N) is 2. The molecule has 6 nitrogen and oxygen atoms in total. The Morgan fingerprint density at radius 1 is 1.13 bits per heavy atom. The first kappa shape index (κ1) is 20.1. The Balaban J connectivity index is 1.50. The molecule has 30 heavy (non-hydrogen) atoms. The molecule has 0 aliphatic heterocycles. The van der Waals surface area contributed by atoms with Gasteiger partial charge in [-0.25, -0.2) is 4.98 Å². The van der Waals surface area contributed by atoms with Crippen molar-refractivity contribution in [3.63, 3.8) is 0 Å². The topological polar surface area (TPSA) is 76.0 Å². The minimum atomic E-state index is -0.254. The minimum absolute atomic E-state index is 0.136. The predicted octanol–water partition coefficient (Wildman–Crippen LogP) is 5.03. The van der Waals surface area contributed by atoms with Crippen molar-refractivity contribution in [2.75, 3.05) is 10.6 Å². The number of amides is 2. The van der Waals surface area contributed by atoms with Gasteiger partial charge in [-0.15, -0.1) is 0 Å². The Morgan fingerprint density at radius 2 is 1.97 bits per heavy atom. The van der Waals surface area contributed by atoms with E-state index in [0.717, 1.165) is 21.5 Å². The van der Waals surface area contributed by atoms with Gasteiger partial charge in [0.05, 0.1) is 27.3 Å². The Morgan fingerprint density at radius 3 is 2.70 bits per heavy atom. The lowest BCUT2D eigenvalue weighted by atomic mass is 10.1. The van der Waals surface area contributed by atoms with Gasteiger partial charge in [0.2, 0.25) is 5.91 Å². The van der Waals surface area contributed by atoms with E-state index in [0.29, 0.717) is 21.4 Å². The van der Waals surface area contributed by atoms with E-state index in [1.54, 1.807) is 24.3 Å². The molecule has 0 saturated carbocycles. The van der Waals surface area contributed by atoms with Gasteiger partial charge in [0.1, 0.15) is 0 Å². The van der Waals surface area contributed by atoms with Crippen molar-refractivity contribution < 1.29 is 9.59 Å². The first-order valence-electron chi connectivity index (χ1n) is 9.28. The summed E-state index contributed by atoms with van der Waals surface area (Å²) < 4.78 is 2.72. The van der Waals surface area contributed by atoms with Crippen molar-refractivity contribution in [2.45, 2.75) is 13.3 Å². The molecule has 4 rings (SSSR count). The number of para-hydroxylation sites is 1. The highest BCUT2D eigenvalue weighted by Gasteiger charge is 2.14. The zero-order valence-electron chi connectivity index (χ0n) is 16.4. The van der Waals surface area contributed by atoms with E-state index in [4.69, 9.17) is 11.6 Å². The molecule has 0 saturated heterocycles.